The quantitative estimate of drug-likeness (QED) is 0.436. The fourth-order valence-electron chi connectivity index (χ4n) is 3.70. The van der Waals surface area contributed by atoms with E-state index < -0.39 is 5.91 Å². The molecule has 1 aliphatic rings. The number of hydrogen-bond acceptors (Lipinski definition) is 10. The summed E-state index contributed by atoms with van der Waals surface area (Å²) in [6, 6.07) is 2.06. The van der Waals surface area contributed by atoms with Gasteiger partial charge in [0.15, 0.2) is 5.69 Å². The highest BCUT2D eigenvalue weighted by Gasteiger charge is 2.26. The average Bonchev–Trinajstić information content (AvgIpc) is 3.45. The number of carbonyl (C=O) groups is 1. The zero-order valence-electron chi connectivity index (χ0n) is 17.8. The number of aromatic nitrogens is 5. The van der Waals surface area contributed by atoms with E-state index in [-0.39, 0.29) is 17.3 Å². The Hall–Kier alpha value is -3.12. The van der Waals surface area contributed by atoms with Gasteiger partial charge in [0.1, 0.15) is 5.69 Å². The Kier molecular flexibility index (Phi) is 6.09. The summed E-state index contributed by atoms with van der Waals surface area (Å²) in [5.41, 5.74) is 10.9. The third-order valence-electron chi connectivity index (χ3n) is 5.23. The summed E-state index contributed by atoms with van der Waals surface area (Å²) in [5.74, 6) is -0.316. The summed E-state index contributed by atoms with van der Waals surface area (Å²) in [6.07, 6.45) is 3.46. The normalized spacial score (nSPS) is 15.4. The van der Waals surface area contributed by atoms with Gasteiger partial charge in [-0.3, -0.25) is 9.69 Å². The largest absolute Gasteiger partial charge is 0.378 e. The molecule has 11 nitrogen and oxygen atoms in total. The van der Waals surface area contributed by atoms with Gasteiger partial charge in [-0.25, -0.2) is 10.1 Å². The molecule has 4 rings (SSSR count). The Labute approximate surface area is 183 Å². The van der Waals surface area contributed by atoms with Gasteiger partial charge in [-0.2, -0.15) is 9.78 Å². The number of nitrogens with zero attached hydrogens (tertiary/aromatic N) is 7. The minimum Gasteiger partial charge on any atom is -0.378 e. The van der Waals surface area contributed by atoms with E-state index >= 15 is 0 Å². The zero-order chi connectivity index (χ0) is 22.0. The second-order valence-electron chi connectivity index (χ2n) is 7.57. The SMILES string of the molecule is CC(=NNC(=O)c1c(CN2CCCCC2)nnn1-c1nonc1N)c1cc(C)sc1C. The summed E-state index contributed by atoms with van der Waals surface area (Å²) < 4.78 is 5.94. The molecule has 0 spiro atoms. The van der Waals surface area contributed by atoms with Crippen LogP contribution in [0.1, 0.15) is 57.7 Å². The van der Waals surface area contributed by atoms with Crippen molar-refractivity contribution in [2.75, 3.05) is 18.8 Å². The molecular weight excluding hydrogens is 418 g/mol. The summed E-state index contributed by atoms with van der Waals surface area (Å²) in [4.78, 5) is 17.8. The number of nitrogens with two attached hydrogens (primary N) is 1. The van der Waals surface area contributed by atoms with E-state index in [9.17, 15) is 4.79 Å². The highest BCUT2D eigenvalue weighted by molar-refractivity contribution is 7.12. The number of hydrazone groups is 1. The van der Waals surface area contributed by atoms with E-state index in [0.717, 1.165) is 42.1 Å². The van der Waals surface area contributed by atoms with Gasteiger partial charge in [0.05, 0.1) is 5.71 Å². The molecule has 1 fully saturated rings. The van der Waals surface area contributed by atoms with Crippen molar-refractivity contribution >= 4 is 28.8 Å². The Morgan fingerprint density at radius 2 is 2.06 bits per heavy atom. The molecule has 164 valence electrons. The van der Waals surface area contributed by atoms with E-state index in [1.807, 2.05) is 20.8 Å². The van der Waals surface area contributed by atoms with Gasteiger partial charge >= 0.3 is 0 Å². The standard InChI is InChI=1S/C19H25N9O2S/c1-11-9-14(13(3)31-11)12(2)21-23-19(29)16-15(10-27-7-5-4-6-8-27)22-26-28(16)18-17(20)24-30-25-18/h9H,4-8,10H2,1-3H3,(H2,20,24)(H,23,29). The van der Waals surface area contributed by atoms with Crippen LogP contribution in [-0.4, -0.2) is 54.9 Å². The van der Waals surface area contributed by atoms with Gasteiger partial charge in [0.2, 0.25) is 11.6 Å². The van der Waals surface area contributed by atoms with E-state index in [1.165, 1.54) is 16.0 Å². The van der Waals surface area contributed by atoms with Crippen LogP contribution in [0.2, 0.25) is 0 Å². The smallest absolute Gasteiger partial charge is 0.292 e. The lowest BCUT2D eigenvalue weighted by Crippen LogP contribution is -2.31. The summed E-state index contributed by atoms with van der Waals surface area (Å²) in [7, 11) is 0. The molecule has 0 bridgehead atoms. The number of amides is 1. The highest BCUT2D eigenvalue weighted by atomic mass is 32.1. The van der Waals surface area contributed by atoms with Crippen molar-refractivity contribution in [3.8, 4) is 5.82 Å². The van der Waals surface area contributed by atoms with E-state index in [4.69, 9.17) is 5.73 Å². The lowest BCUT2D eigenvalue weighted by atomic mass is 10.1. The summed E-state index contributed by atoms with van der Waals surface area (Å²) >= 11 is 1.69. The third-order valence-corrected chi connectivity index (χ3v) is 6.20. The van der Waals surface area contributed by atoms with Crippen LogP contribution < -0.4 is 11.2 Å². The van der Waals surface area contributed by atoms with Crippen molar-refractivity contribution in [1.82, 2.24) is 35.6 Å². The van der Waals surface area contributed by atoms with Crippen LogP contribution >= 0.6 is 11.3 Å². The molecule has 0 aromatic carbocycles. The van der Waals surface area contributed by atoms with Crippen molar-refractivity contribution in [1.29, 1.82) is 0 Å². The van der Waals surface area contributed by atoms with Gasteiger partial charge < -0.3 is 5.73 Å². The molecule has 3 N–H and O–H groups in total. The van der Waals surface area contributed by atoms with E-state index in [0.29, 0.717) is 12.2 Å². The highest BCUT2D eigenvalue weighted by Crippen LogP contribution is 2.22. The maximum atomic E-state index is 13.2. The molecule has 3 aromatic heterocycles. The monoisotopic (exact) mass is 443 g/mol. The number of likely N-dealkylation sites (tertiary alicyclic amines) is 1. The number of nitrogens with one attached hydrogen (secondary N) is 1. The third kappa shape index (κ3) is 4.49. The predicted molar refractivity (Wildman–Crippen MR) is 116 cm³/mol. The average molecular weight is 444 g/mol. The van der Waals surface area contributed by atoms with Gasteiger partial charge in [-0.15, -0.1) is 16.4 Å². The fourth-order valence-corrected chi connectivity index (χ4v) is 4.68. The van der Waals surface area contributed by atoms with E-state index in [1.54, 1.807) is 11.3 Å². The zero-order valence-corrected chi connectivity index (χ0v) is 18.6. The Morgan fingerprint density at radius 1 is 1.29 bits per heavy atom. The maximum absolute atomic E-state index is 13.2. The van der Waals surface area contributed by atoms with Crippen molar-refractivity contribution < 1.29 is 9.42 Å². The molecule has 1 aliphatic heterocycles. The van der Waals surface area contributed by atoms with E-state index in [2.05, 4.69) is 46.7 Å². The fraction of sp³-hybridized carbons (Fsp3) is 0.474. The van der Waals surface area contributed by atoms with Crippen LogP contribution in [0.5, 0.6) is 0 Å². The Morgan fingerprint density at radius 3 is 2.71 bits per heavy atom. The number of carbonyl (C=O) groups excluding carboxylic acids is 1. The van der Waals surface area contributed by atoms with Gasteiger partial charge in [-0.05, 0) is 63.1 Å². The van der Waals surface area contributed by atoms with Crippen LogP contribution in [0.15, 0.2) is 15.8 Å². The molecular formula is C19H25N9O2S. The number of rotatable bonds is 6. The molecule has 0 aliphatic carbocycles. The number of piperidine rings is 1. The molecule has 3 aromatic rings. The van der Waals surface area contributed by atoms with Crippen molar-refractivity contribution in [2.45, 2.75) is 46.6 Å². The molecule has 0 unspecified atom stereocenters. The van der Waals surface area contributed by atoms with Crippen LogP contribution in [-0.2, 0) is 6.54 Å². The summed E-state index contributed by atoms with van der Waals surface area (Å²) in [5, 5.41) is 20.0. The molecule has 4 heterocycles. The Balaban J connectivity index is 1.63. The summed E-state index contributed by atoms with van der Waals surface area (Å²) in [6.45, 7) is 8.34. The van der Waals surface area contributed by atoms with Crippen LogP contribution in [0.25, 0.3) is 5.82 Å². The molecule has 1 saturated heterocycles. The molecule has 1 amide bonds. The molecule has 0 atom stereocenters. The van der Waals surface area contributed by atoms with Gasteiger partial charge in [-0.1, -0.05) is 11.6 Å². The van der Waals surface area contributed by atoms with Crippen molar-refractivity contribution in [3.05, 3.63) is 32.8 Å². The minimum atomic E-state index is -0.455. The number of nitrogen functional groups attached to an aromatic ring is 1. The second kappa shape index (κ2) is 8.94. The number of anilines is 1. The lowest BCUT2D eigenvalue weighted by molar-refractivity contribution is 0.0944. The predicted octanol–water partition coefficient (Wildman–Crippen LogP) is 2.05. The molecule has 0 saturated carbocycles. The molecule has 12 heteroatoms. The van der Waals surface area contributed by atoms with Crippen molar-refractivity contribution in [2.24, 2.45) is 5.10 Å². The topological polar surface area (TPSA) is 140 Å². The Bertz CT molecular complexity index is 1110. The first-order valence-electron chi connectivity index (χ1n) is 10.1. The van der Waals surface area contributed by atoms with Crippen LogP contribution in [0.4, 0.5) is 5.82 Å². The van der Waals surface area contributed by atoms with Crippen LogP contribution in [0.3, 0.4) is 0 Å². The van der Waals surface area contributed by atoms with Crippen molar-refractivity contribution in [3.63, 3.8) is 0 Å². The van der Waals surface area contributed by atoms with Crippen LogP contribution in [0, 0.1) is 13.8 Å². The first-order chi connectivity index (χ1) is 14.9. The maximum Gasteiger partial charge on any atom is 0.292 e. The van der Waals surface area contributed by atoms with Gasteiger partial charge in [0, 0.05) is 21.9 Å². The number of aryl methyl sites for hydroxylation is 2. The molecule has 0 radical (unpaired) electrons. The number of hydrogen-bond donors (Lipinski definition) is 2. The molecule has 31 heavy (non-hydrogen) atoms. The second-order valence-corrected chi connectivity index (χ2v) is 9.03. The van der Waals surface area contributed by atoms with Gasteiger partial charge in [0.25, 0.3) is 5.91 Å². The first-order valence-corrected chi connectivity index (χ1v) is 10.9. The first kappa shape index (κ1) is 21.1. The minimum absolute atomic E-state index is 0.0209. The lowest BCUT2D eigenvalue weighted by Gasteiger charge is -2.25. The number of thiophene rings is 1.